The van der Waals surface area contributed by atoms with E-state index in [1.165, 1.54) is 4.70 Å². The van der Waals surface area contributed by atoms with Gasteiger partial charge in [0.1, 0.15) is 11.6 Å². The second-order valence-corrected chi connectivity index (χ2v) is 5.81. The van der Waals surface area contributed by atoms with E-state index >= 15 is 0 Å². The number of hydrogen-bond acceptors (Lipinski definition) is 3. The van der Waals surface area contributed by atoms with E-state index in [4.69, 9.17) is 0 Å². The highest BCUT2D eigenvalue weighted by molar-refractivity contribution is 7.17. The van der Waals surface area contributed by atoms with Crippen molar-refractivity contribution in [3.63, 3.8) is 0 Å². The monoisotopic (exact) mass is 286 g/mol. The van der Waals surface area contributed by atoms with Gasteiger partial charge in [-0.15, -0.1) is 11.3 Å². The molecule has 3 rings (SSSR count). The van der Waals surface area contributed by atoms with Crippen molar-refractivity contribution in [3.05, 3.63) is 58.9 Å². The zero-order chi connectivity index (χ0) is 14.1. The third-order valence-corrected chi connectivity index (χ3v) is 4.31. The lowest BCUT2D eigenvalue weighted by Crippen LogP contribution is -2.08. The highest BCUT2D eigenvalue weighted by atomic mass is 32.1. The summed E-state index contributed by atoms with van der Waals surface area (Å²) >= 11 is 1.69. The van der Waals surface area contributed by atoms with Gasteiger partial charge < -0.3 is 5.32 Å². The fraction of sp³-hybridized carbons (Fsp3) is 0.188. The summed E-state index contributed by atoms with van der Waals surface area (Å²) in [6.45, 7) is 3.78. The van der Waals surface area contributed by atoms with Crippen LogP contribution < -0.4 is 5.32 Å². The maximum absolute atomic E-state index is 13.6. The van der Waals surface area contributed by atoms with E-state index < -0.39 is 0 Å². The lowest BCUT2D eigenvalue weighted by atomic mass is 10.1. The van der Waals surface area contributed by atoms with E-state index in [-0.39, 0.29) is 11.9 Å². The summed E-state index contributed by atoms with van der Waals surface area (Å²) in [5.41, 5.74) is 1.58. The maximum atomic E-state index is 13.6. The minimum absolute atomic E-state index is 0.00287. The Morgan fingerprint density at radius 1 is 1.25 bits per heavy atom. The number of pyridine rings is 1. The van der Waals surface area contributed by atoms with Crippen LogP contribution in [0.4, 0.5) is 10.2 Å². The van der Waals surface area contributed by atoms with E-state index in [2.05, 4.69) is 16.4 Å². The molecule has 1 atom stereocenters. The van der Waals surface area contributed by atoms with E-state index in [0.717, 1.165) is 16.8 Å². The summed E-state index contributed by atoms with van der Waals surface area (Å²) in [6, 6.07) is 9.40. The first-order valence-corrected chi connectivity index (χ1v) is 7.38. The first-order chi connectivity index (χ1) is 9.65. The highest BCUT2D eigenvalue weighted by Crippen LogP contribution is 2.28. The number of fused-ring (bicyclic) bond motifs is 1. The van der Waals surface area contributed by atoms with Crippen molar-refractivity contribution >= 4 is 27.2 Å². The summed E-state index contributed by atoms with van der Waals surface area (Å²) in [5.74, 6) is 0.676. The number of aromatic nitrogens is 1. The lowest BCUT2D eigenvalue weighted by Gasteiger charge is -2.16. The van der Waals surface area contributed by atoms with Gasteiger partial charge in [0.15, 0.2) is 0 Å². The van der Waals surface area contributed by atoms with Crippen LogP contribution in [-0.4, -0.2) is 4.98 Å². The quantitative estimate of drug-likeness (QED) is 0.739. The fourth-order valence-electron chi connectivity index (χ4n) is 2.18. The summed E-state index contributed by atoms with van der Waals surface area (Å²) in [4.78, 5) is 4.39. The number of aryl methyl sites for hydroxylation is 1. The summed E-state index contributed by atoms with van der Waals surface area (Å²) in [7, 11) is 0. The zero-order valence-corrected chi connectivity index (χ0v) is 12.2. The minimum atomic E-state index is -0.169. The number of nitrogens with one attached hydrogen (secondary N) is 1. The molecule has 1 N–H and O–H groups in total. The average Bonchev–Trinajstić information content (AvgIpc) is 2.91. The van der Waals surface area contributed by atoms with Crippen molar-refractivity contribution in [3.8, 4) is 0 Å². The molecular formula is C16H15FN2S. The van der Waals surface area contributed by atoms with E-state index in [1.54, 1.807) is 36.6 Å². The van der Waals surface area contributed by atoms with Crippen molar-refractivity contribution in [1.29, 1.82) is 0 Å². The molecule has 0 spiro atoms. The minimum Gasteiger partial charge on any atom is -0.363 e. The summed E-state index contributed by atoms with van der Waals surface area (Å²) in [6.07, 6.45) is 1.80. The third kappa shape index (κ3) is 2.39. The Morgan fingerprint density at radius 2 is 2.10 bits per heavy atom. The van der Waals surface area contributed by atoms with Gasteiger partial charge >= 0.3 is 0 Å². The van der Waals surface area contributed by atoms with Crippen LogP contribution >= 0.6 is 11.3 Å². The van der Waals surface area contributed by atoms with Crippen LogP contribution in [0.15, 0.2) is 41.9 Å². The Morgan fingerprint density at radius 3 is 2.90 bits per heavy atom. The molecule has 2 nitrogen and oxygen atoms in total. The molecule has 0 amide bonds. The van der Waals surface area contributed by atoms with Gasteiger partial charge in [0.05, 0.1) is 6.04 Å². The van der Waals surface area contributed by atoms with Gasteiger partial charge in [-0.25, -0.2) is 9.37 Å². The van der Waals surface area contributed by atoms with Crippen molar-refractivity contribution in [2.24, 2.45) is 0 Å². The Labute approximate surface area is 121 Å². The average molecular weight is 286 g/mol. The first-order valence-electron chi connectivity index (χ1n) is 6.50. The largest absolute Gasteiger partial charge is 0.363 e. The van der Waals surface area contributed by atoms with Crippen molar-refractivity contribution < 1.29 is 4.39 Å². The molecule has 102 valence electrons. The number of rotatable bonds is 3. The van der Waals surface area contributed by atoms with Crippen molar-refractivity contribution in [1.82, 2.24) is 4.98 Å². The smallest absolute Gasteiger partial charge is 0.135 e. The lowest BCUT2D eigenvalue weighted by molar-refractivity contribution is 0.614. The van der Waals surface area contributed by atoms with Gasteiger partial charge in [-0.3, -0.25) is 0 Å². The fourth-order valence-corrected chi connectivity index (χ4v) is 2.96. The molecule has 2 aromatic heterocycles. The topological polar surface area (TPSA) is 24.9 Å². The third-order valence-electron chi connectivity index (χ3n) is 3.43. The van der Waals surface area contributed by atoms with E-state index in [9.17, 15) is 4.39 Å². The van der Waals surface area contributed by atoms with Crippen LogP contribution in [0.3, 0.4) is 0 Å². The molecule has 0 aliphatic rings. The molecule has 0 radical (unpaired) electrons. The van der Waals surface area contributed by atoms with Crippen LogP contribution in [0, 0.1) is 12.7 Å². The van der Waals surface area contributed by atoms with Crippen LogP contribution in [0.1, 0.15) is 24.1 Å². The SMILES string of the molecule is Cc1ccc(C(C)Nc2nccc3sccc23)cc1F. The molecule has 1 unspecified atom stereocenters. The Kier molecular flexibility index (Phi) is 3.40. The Bertz CT molecular complexity index is 751. The second-order valence-electron chi connectivity index (χ2n) is 4.87. The maximum Gasteiger partial charge on any atom is 0.135 e. The second kappa shape index (κ2) is 5.21. The standard InChI is InChI=1S/C16H15FN2S/c1-10-3-4-12(9-14(10)17)11(2)19-16-13-6-8-20-15(13)5-7-18-16/h3-9,11H,1-2H3,(H,18,19). The predicted molar refractivity (Wildman–Crippen MR) is 82.8 cm³/mol. The van der Waals surface area contributed by atoms with Gasteiger partial charge in [0.2, 0.25) is 0 Å². The molecule has 3 aromatic rings. The first kappa shape index (κ1) is 13.1. The van der Waals surface area contributed by atoms with Gasteiger partial charge in [-0.05, 0) is 48.6 Å². The van der Waals surface area contributed by atoms with Crippen molar-refractivity contribution in [2.75, 3.05) is 5.32 Å². The molecule has 0 bridgehead atoms. The predicted octanol–water partition coefficient (Wildman–Crippen LogP) is 4.92. The number of benzene rings is 1. The van der Waals surface area contributed by atoms with Gasteiger partial charge in [-0.1, -0.05) is 12.1 Å². The molecule has 0 saturated heterocycles. The molecule has 2 heterocycles. The molecule has 0 aliphatic heterocycles. The number of anilines is 1. The van der Waals surface area contributed by atoms with Gasteiger partial charge in [-0.2, -0.15) is 0 Å². The number of thiophene rings is 1. The highest BCUT2D eigenvalue weighted by Gasteiger charge is 2.10. The molecule has 4 heteroatoms. The van der Waals surface area contributed by atoms with Crippen LogP contribution in [0.25, 0.3) is 10.1 Å². The molecule has 0 aliphatic carbocycles. The molecular weight excluding hydrogens is 271 g/mol. The van der Waals surface area contributed by atoms with Crippen LogP contribution in [-0.2, 0) is 0 Å². The summed E-state index contributed by atoms with van der Waals surface area (Å²) in [5, 5.41) is 6.52. The zero-order valence-electron chi connectivity index (χ0n) is 11.4. The summed E-state index contributed by atoms with van der Waals surface area (Å²) < 4.78 is 14.8. The Balaban J connectivity index is 1.90. The van der Waals surface area contributed by atoms with Crippen LogP contribution in [0.5, 0.6) is 0 Å². The van der Waals surface area contributed by atoms with Crippen LogP contribution in [0.2, 0.25) is 0 Å². The molecule has 1 aromatic carbocycles. The van der Waals surface area contributed by atoms with Gasteiger partial charge in [0.25, 0.3) is 0 Å². The molecule has 0 fully saturated rings. The number of halogens is 1. The van der Waals surface area contributed by atoms with E-state index in [1.807, 2.05) is 24.4 Å². The number of nitrogens with zero attached hydrogens (tertiary/aromatic N) is 1. The van der Waals surface area contributed by atoms with Gasteiger partial charge in [0, 0.05) is 16.3 Å². The molecule has 20 heavy (non-hydrogen) atoms. The Hall–Kier alpha value is -1.94. The van der Waals surface area contributed by atoms with E-state index in [0.29, 0.717) is 5.56 Å². The molecule has 0 saturated carbocycles. The normalized spacial score (nSPS) is 12.6. The van der Waals surface area contributed by atoms with Crippen molar-refractivity contribution in [2.45, 2.75) is 19.9 Å². The number of hydrogen-bond donors (Lipinski definition) is 1.